The van der Waals surface area contributed by atoms with Crippen molar-refractivity contribution in [3.8, 4) is 0 Å². The van der Waals surface area contributed by atoms with Gasteiger partial charge in [-0.1, -0.05) is 19.8 Å². The van der Waals surface area contributed by atoms with E-state index in [0.717, 1.165) is 17.6 Å². The summed E-state index contributed by atoms with van der Waals surface area (Å²) in [4.78, 5) is 4.35. The Hall–Kier alpha value is -0.830. The van der Waals surface area contributed by atoms with E-state index in [4.69, 9.17) is 4.42 Å². The van der Waals surface area contributed by atoms with Crippen LogP contribution in [-0.2, 0) is 0 Å². The highest BCUT2D eigenvalue weighted by atomic mass is 16.4. The number of oxazole rings is 1. The van der Waals surface area contributed by atoms with Crippen molar-refractivity contribution in [2.24, 2.45) is 5.92 Å². The molecule has 3 nitrogen and oxygen atoms in total. The van der Waals surface area contributed by atoms with E-state index < -0.39 is 0 Å². The Morgan fingerprint density at radius 2 is 2.06 bits per heavy atom. The molecule has 1 atom stereocenters. The van der Waals surface area contributed by atoms with Crippen molar-refractivity contribution < 1.29 is 4.42 Å². The number of nitrogens with zero attached hydrogens (tertiary/aromatic N) is 1. The normalized spacial score (nSPS) is 27.9. The fourth-order valence-electron chi connectivity index (χ4n) is 2.36. The van der Waals surface area contributed by atoms with Crippen LogP contribution in [0.4, 0.5) is 0 Å². The lowest BCUT2D eigenvalue weighted by Crippen LogP contribution is -2.12. The highest BCUT2D eigenvalue weighted by Crippen LogP contribution is 2.36. The molecule has 1 unspecified atom stereocenters. The molecule has 0 aliphatic heterocycles. The molecule has 0 saturated heterocycles. The van der Waals surface area contributed by atoms with Gasteiger partial charge in [0.25, 0.3) is 0 Å². The van der Waals surface area contributed by atoms with Crippen molar-refractivity contribution in [2.45, 2.75) is 51.5 Å². The topological polar surface area (TPSA) is 38.1 Å². The van der Waals surface area contributed by atoms with E-state index in [2.05, 4.69) is 24.1 Å². The fraction of sp³-hybridized carbons (Fsp3) is 0.769. The number of nitrogens with one attached hydrogen (secondary N) is 1. The summed E-state index contributed by atoms with van der Waals surface area (Å²) in [6, 6.07) is 0.205. The van der Waals surface area contributed by atoms with Gasteiger partial charge in [0, 0.05) is 5.92 Å². The zero-order valence-electron chi connectivity index (χ0n) is 10.5. The molecule has 1 N–H and O–H groups in total. The maximum Gasteiger partial charge on any atom is 0.211 e. The van der Waals surface area contributed by atoms with Gasteiger partial charge in [-0.2, -0.15) is 0 Å². The molecule has 0 aromatic carbocycles. The minimum Gasteiger partial charge on any atom is -0.444 e. The fourth-order valence-corrected chi connectivity index (χ4v) is 2.36. The Kier molecular flexibility index (Phi) is 3.64. The van der Waals surface area contributed by atoms with Gasteiger partial charge in [0.15, 0.2) is 0 Å². The van der Waals surface area contributed by atoms with Gasteiger partial charge in [0.2, 0.25) is 5.89 Å². The van der Waals surface area contributed by atoms with Crippen molar-refractivity contribution in [2.75, 3.05) is 7.05 Å². The van der Waals surface area contributed by atoms with E-state index in [1.54, 1.807) is 0 Å². The molecule has 1 aromatic heterocycles. The molecule has 0 bridgehead atoms. The van der Waals surface area contributed by atoms with Gasteiger partial charge in [-0.25, -0.2) is 4.98 Å². The van der Waals surface area contributed by atoms with Crippen LogP contribution in [0, 0.1) is 5.92 Å². The largest absolute Gasteiger partial charge is 0.444 e. The van der Waals surface area contributed by atoms with E-state index in [1.807, 2.05) is 13.2 Å². The molecule has 90 valence electrons. The van der Waals surface area contributed by atoms with Crippen LogP contribution < -0.4 is 5.32 Å². The van der Waals surface area contributed by atoms with Crippen molar-refractivity contribution in [3.05, 3.63) is 17.8 Å². The first-order valence-corrected chi connectivity index (χ1v) is 6.33. The molecule has 0 spiro atoms. The third-order valence-corrected chi connectivity index (χ3v) is 3.76. The van der Waals surface area contributed by atoms with Crippen LogP contribution in [-0.4, -0.2) is 12.0 Å². The molecule has 1 saturated carbocycles. The SMILES string of the molecule is CNC(C)c1ncc(C2CCC(C)CC2)o1. The quantitative estimate of drug-likeness (QED) is 0.853. The molecule has 1 aliphatic rings. The number of rotatable bonds is 3. The average molecular weight is 222 g/mol. The van der Waals surface area contributed by atoms with Crippen LogP contribution in [0.5, 0.6) is 0 Å². The lowest BCUT2D eigenvalue weighted by molar-refractivity contribution is 0.302. The highest BCUT2D eigenvalue weighted by molar-refractivity contribution is 5.04. The molecule has 0 amide bonds. The standard InChI is InChI=1S/C13H22N2O/c1-9-4-6-11(7-5-9)12-8-15-13(16-12)10(2)14-3/h8-11,14H,4-7H2,1-3H3. The average Bonchev–Trinajstić information content (AvgIpc) is 2.78. The summed E-state index contributed by atoms with van der Waals surface area (Å²) in [5.41, 5.74) is 0. The molecule has 1 aromatic rings. The first-order valence-electron chi connectivity index (χ1n) is 6.33. The number of aromatic nitrogens is 1. The van der Waals surface area contributed by atoms with Crippen LogP contribution in [0.25, 0.3) is 0 Å². The Morgan fingerprint density at radius 3 is 2.69 bits per heavy atom. The second-order valence-electron chi connectivity index (χ2n) is 5.07. The zero-order chi connectivity index (χ0) is 11.5. The first kappa shape index (κ1) is 11.6. The second-order valence-corrected chi connectivity index (χ2v) is 5.07. The molecule has 16 heavy (non-hydrogen) atoms. The van der Waals surface area contributed by atoms with Crippen molar-refractivity contribution in [1.82, 2.24) is 10.3 Å². The third kappa shape index (κ3) is 2.46. The van der Waals surface area contributed by atoms with Gasteiger partial charge in [0.1, 0.15) is 5.76 Å². The molecular formula is C13H22N2O. The van der Waals surface area contributed by atoms with E-state index in [1.165, 1.54) is 25.7 Å². The predicted molar refractivity (Wildman–Crippen MR) is 64.4 cm³/mol. The smallest absolute Gasteiger partial charge is 0.211 e. The van der Waals surface area contributed by atoms with Crippen molar-refractivity contribution >= 4 is 0 Å². The van der Waals surface area contributed by atoms with Crippen LogP contribution in [0.2, 0.25) is 0 Å². The summed E-state index contributed by atoms with van der Waals surface area (Å²) in [5, 5.41) is 3.15. The van der Waals surface area contributed by atoms with E-state index in [0.29, 0.717) is 5.92 Å². The number of hydrogen-bond donors (Lipinski definition) is 1. The lowest BCUT2D eigenvalue weighted by atomic mass is 9.82. The van der Waals surface area contributed by atoms with Crippen molar-refractivity contribution in [3.63, 3.8) is 0 Å². The summed E-state index contributed by atoms with van der Waals surface area (Å²) >= 11 is 0. The van der Waals surface area contributed by atoms with E-state index >= 15 is 0 Å². The van der Waals surface area contributed by atoms with Crippen LogP contribution in [0.3, 0.4) is 0 Å². The minimum atomic E-state index is 0.205. The summed E-state index contributed by atoms with van der Waals surface area (Å²) in [5.74, 6) is 3.39. The molecule has 2 rings (SSSR count). The van der Waals surface area contributed by atoms with Crippen molar-refractivity contribution in [1.29, 1.82) is 0 Å². The Morgan fingerprint density at radius 1 is 1.38 bits per heavy atom. The lowest BCUT2D eigenvalue weighted by Gasteiger charge is -2.24. The molecule has 1 heterocycles. The number of hydrogen-bond acceptors (Lipinski definition) is 3. The van der Waals surface area contributed by atoms with E-state index in [-0.39, 0.29) is 6.04 Å². The summed E-state index contributed by atoms with van der Waals surface area (Å²) in [6.45, 7) is 4.41. The van der Waals surface area contributed by atoms with Gasteiger partial charge in [-0.15, -0.1) is 0 Å². The highest BCUT2D eigenvalue weighted by Gasteiger charge is 2.23. The van der Waals surface area contributed by atoms with Gasteiger partial charge in [-0.05, 0) is 32.7 Å². The predicted octanol–water partition coefficient (Wildman–Crippen LogP) is 3.25. The maximum absolute atomic E-state index is 5.84. The van der Waals surface area contributed by atoms with Crippen LogP contribution >= 0.6 is 0 Å². The van der Waals surface area contributed by atoms with Gasteiger partial charge in [-0.3, -0.25) is 0 Å². The first-order chi connectivity index (χ1) is 7.70. The molecule has 1 aliphatic carbocycles. The Labute approximate surface area is 97.6 Å². The minimum absolute atomic E-state index is 0.205. The summed E-state index contributed by atoms with van der Waals surface area (Å²) in [7, 11) is 1.93. The molecular weight excluding hydrogens is 200 g/mol. The Bertz CT molecular complexity index is 326. The monoisotopic (exact) mass is 222 g/mol. The Balaban J connectivity index is 2.01. The summed E-state index contributed by atoms with van der Waals surface area (Å²) in [6.07, 6.45) is 7.07. The molecule has 0 radical (unpaired) electrons. The summed E-state index contributed by atoms with van der Waals surface area (Å²) < 4.78 is 5.84. The zero-order valence-corrected chi connectivity index (χ0v) is 10.5. The van der Waals surface area contributed by atoms with Gasteiger partial charge in [0.05, 0.1) is 12.2 Å². The third-order valence-electron chi connectivity index (χ3n) is 3.76. The second kappa shape index (κ2) is 5.00. The maximum atomic E-state index is 5.84. The van der Waals surface area contributed by atoms with E-state index in [9.17, 15) is 0 Å². The van der Waals surface area contributed by atoms with Crippen LogP contribution in [0.15, 0.2) is 10.6 Å². The van der Waals surface area contributed by atoms with Crippen LogP contribution in [0.1, 0.15) is 63.1 Å². The molecule has 3 heteroatoms. The van der Waals surface area contributed by atoms with Gasteiger partial charge < -0.3 is 9.73 Å². The van der Waals surface area contributed by atoms with Gasteiger partial charge >= 0.3 is 0 Å². The molecule has 1 fully saturated rings.